The van der Waals surface area contributed by atoms with Crippen LogP contribution in [0, 0.1) is 5.41 Å². The fourth-order valence-corrected chi connectivity index (χ4v) is 7.98. The van der Waals surface area contributed by atoms with E-state index in [1.807, 2.05) is 40.7 Å². The van der Waals surface area contributed by atoms with E-state index < -0.39 is 46.6 Å². The molecule has 0 aliphatic carbocycles. The fraction of sp³-hybridized carbons (Fsp3) is 0.524. The highest BCUT2D eigenvalue weighted by molar-refractivity contribution is 6.33. The van der Waals surface area contributed by atoms with E-state index in [9.17, 15) is 37.5 Å². The number of hydrogen-bond acceptors (Lipinski definition) is 9. The van der Waals surface area contributed by atoms with Gasteiger partial charge < -0.3 is 29.9 Å². The minimum atomic E-state index is -4.65. The van der Waals surface area contributed by atoms with E-state index in [0.29, 0.717) is 81.3 Å². The maximum absolute atomic E-state index is 15.0. The number of ether oxygens (including phenoxy) is 1. The molecule has 0 saturated carbocycles. The number of H-pyrrole nitrogens is 1. The second-order valence-electron chi connectivity index (χ2n) is 15.6. The summed E-state index contributed by atoms with van der Waals surface area (Å²) in [6.07, 6.45) is 5.35. The third-order valence-electron chi connectivity index (χ3n) is 11.3. The minimum Gasteiger partial charge on any atom is -0.510 e. The number of carbonyl (C=O) groups is 3. The van der Waals surface area contributed by atoms with Crippen molar-refractivity contribution in [2.75, 3.05) is 51.8 Å². The molecule has 3 amide bonds. The quantitative estimate of drug-likeness (QED) is 0.281. The molecule has 0 spiro atoms. The number of anilines is 1. The van der Waals surface area contributed by atoms with Crippen molar-refractivity contribution in [3.05, 3.63) is 92.7 Å². The number of benzene rings is 1. The van der Waals surface area contributed by atoms with Gasteiger partial charge in [0, 0.05) is 50.4 Å². The number of carbonyl (C=O) groups excluding carboxylic acids is 3. The Bertz CT molecular complexity index is 2150. The number of aromatic nitrogens is 4. The van der Waals surface area contributed by atoms with E-state index in [0.717, 1.165) is 16.8 Å². The number of amides is 3. The van der Waals surface area contributed by atoms with Gasteiger partial charge in [0.2, 0.25) is 11.8 Å². The first-order valence-electron chi connectivity index (χ1n) is 20.2. The molecule has 60 heavy (non-hydrogen) atoms. The normalized spacial score (nSPS) is 19.7. The molecule has 6 rings (SSSR count). The van der Waals surface area contributed by atoms with E-state index in [1.54, 1.807) is 34.0 Å². The van der Waals surface area contributed by atoms with E-state index in [4.69, 9.17) is 16.3 Å². The van der Waals surface area contributed by atoms with Crippen molar-refractivity contribution in [2.24, 2.45) is 5.41 Å². The van der Waals surface area contributed by atoms with E-state index in [1.165, 1.54) is 12.4 Å². The predicted molar refractivity (Wildman–Crippen MR) is 221 cm³/mol. The molecule has 326 valence electrons. The predicted octanol–water partition coefficient (Wildman–Crippen LogP) is 6.18. The average Bonchev–Trinajstić information content (AvgIpc) is 3.42. The number of aliphatic hydroxyl groups is 1. The summed E-state index contributed by atoms with van der Waals surface area (Å²) in [5.74, 6) is -0.887. The van der Waals surface area contributed by atoms with E-state index in [-0.39, 0.29) is 47.2 Å². The number of likely N-dealkylation sites (tertiary alicyclic amines) is 1. The van der Waals surface area contributed by atoms with Gasteiger partial charge in [-0.05, 0) is 75.0 Å². The number of aryl methyl sites for hydroxylation is 1. The topological polar surface area (TPSA) is 166 Å². The smallest absolute Gasteiger partial charge is 0.416 e. The zero-order chi connectivity index (χ0) is 44.0. The van der Waals surface area contributed by atoms with Gasteiger partial charge in [-0.2, -0.15) is 13.2 Å². The first-order valence-corrected chi connectivity index (χ1v) is 20.6. The molecule has 1 atom stereocenters. The van der Waals surface area contributed by atoms with Gasteiger partial charge in [0.15, 0.2) is 6.04 Å². The first kappa shape index (κ1) is 45.9. The molecule has 0 radical (unpaired) electrons. The van der Waals surface area contributed by atoms with Crippen LogP contribution in [0.25, 0.3) is 5.57 Å². The molecular formula is C42H54ClF3N8O6. The number of piperidine rings is 1. The van der Waals surface area contributed by atoms with Gasteiger partial charge in [0.25, 0.3) is 11.5 Å². The molecule has 2 aromatic rings. The van der Waals surface area contributed by atoms with Crippen LogP contribution in [0.2, 0.25) is 5.02 Å². The fourth-order valence-electron chi connectivity index (χ4n) is 7.76. The summed E-state index contributed by atoms with van der Waals surface area (Å²) in [5, 5.41) is 15.8. The van der Waals surface area contributed by atoms with Gasteiger partial charge in [-0.3, -0.25) is 24.3 Å². The largest absolute Gasteiger partial charge is 0.510 e. The maximum Gasteiger partial charge on any atom is 0.416 e. The highest BCUT2D eigenvalue weighted by atomic mass is 35.5. The van der Waals surface area contributed by atoms with Crippen LogP contribution in [0.15, 0.2) is 59.5 Å². The summed E-state index contributed by atoms with van der Waals surface area (Å²) in [6.45, 7) is 11.1. The van der Waals surface area contributed by atoms with Crippen LogP contribution in [0.5, 0.6) is 0 Å². The van der Waals surface area contributed by atoms with Crippen LogP contribution in [0.3, 0.4) is 0 Å². The van der Waals surface area contributed by atoms with Gasteiger partial charge in [-0.1, -0.05) is 45.4 Å². The Hall–Kier alpha value is -5.16. The standard InChI is InChI=1S/C40H48ClF3N8O6.C2H6/c1-5-28-32(38(2)13-18-50(19-14-38)36(56)33-30(53)9-7-15-49(33)4)35(55)52(21-31(54)47-29-11-10-26(20-27(29)41)40(42,43)44)48-34(46-24-45-28)25-8-6-16-51(17-12-25)37(57)39(3)22-58-23-39;1-2/h7-11,15,20,24,33,53H,5-6,12-14,16-19,21-23H2,1-4H3,(H,47,54)(H,45,46,48);1-2H3. The van der Waals surface area contributed by atoms with Crippen molar-refractivity contribution in [1.29, 1.82) is 0 Å². The molecule has 4 aliphatic rings. The van der Waals surface area contributed by atoms with Crippen molar-refractivity contribution in [3.8, 4) is 0 Å². The minimum absolute atomic E-state index is 0.00647. The Morgan fingerprint density at radius 1 is 1.07 bits per heavy atom. The lowest BCUT2D eigenvalue weighted by molar-refractivity contribution is -0.168. The second kappa shape index (κ2) is 19.0. The molecule has 3 N–H and O–H groups in total. The van der Waals surface area contributed by atoms with Gasteiger partial charge in [-0.15, -0.1) is 0 Å². The number of halogens is 4. The number of aromatic amines is 1. The third kappa shape index (κ3) is 10.1. The van der Waals surface area contributed by atoms with E-state index in [2.05, 4.69) is 20.4 Å². The number of likely N-dealkylation sites (N-methyl/N-ethyl adjacent to an activating group) is 1. The summed E-state index contributed by atoms with van der Waals surface area (Å²) in [7, 11) is 1.70. The zero-order valence-electron chi connectivity index (χ0n) is 34.9. The van der Waals surface area contributed by atoms with Crippen LogP contribution in [-0.4, -0.2) is 110 Å². The number of hydrogen-bond donors (Lipinski definition) is 3. The van der Waals surface area contributed by atoms with Gasteiger partial charge >= 0.3 is 6.18 Å². The molecule has 1 aromatic carbocycles. The molecule has 1 unspecified atom stereocenters. The summed E-state index contributed by atoms with van der Waals surface area (Å²) < 4.78 is 46.4. The highest BCUT2D eigenvalue weighted by Crippen LogP contribution is 2.36. The van der Waals surface area contributed by atoms with Crippen LogP contribution >= 0.6 is 11.6 Å². The Labute approximate surface area is 352 Å². The van der Waals surface area contributed by atoms with Crippen LogP contribution < -0.4 is 10.9 Å². The Kier molecular flexibility index (Phi) is 14.6. The molecule has 18 heteroatoms. The van der Waals surface area contributed by atoms with Crippen molar-refractivity contribution >= 4 is 40.6 Å². The zero-order valence-corrected chi connectivity index (χ0v) is 35.6. The number of nitrogens with zero attached hydrogens (tertiary/aromatic N) is 6. The average molecular weight is 859 g/mol. The SMILES string of the molecule is CC.CCc1ncnc(C2=CCCN(C(=O)C3(C)COC3)CC2)[nH]n(CC(=O)Nc2ccc(C(F)(F)F)cc2Cl)c(=O)c1C1(C)CCN(C(=O)C2C(O)=CC=CN2C)CC1. The van der Waals surface area contributed by atoms with Crippen molar-refractivity contribution in [3.63, 3.8) is 0 Å². The van der Waals surface area contributed by atoms with Crippen molar-refractivity contribution in [2.45, 2.75) is 90.9 Å². The number of aliphatic hydroxyl groups excluding tert-OH is 1. The number of rotatable bonds is 8. The Morgan fingerprint density at radius 2 is 1.77 bits per heavy atom. The van der Waals surface area contributed by atoms with Crippen LogP contribution in [-0.2, 0) is 43.7 Å². The molecule has 5 heterocycles. The summed E-state index contributed by atoms with van der Waals surface area (Å²) in [5.41, 5.74) is -1.65. The van der Waals surface area contributed by atoms with Crippen molar-refractivity contribution < 1.29 is 37.4 Å². The molecule has 0 bridgehead atoms. The van der Waals surface area contributed by atoms with E-state index >= 15 is 0 Å². The Balaban J connectivity index is 0.00000336. The van der Waals surface area contributed by atoms with Gasteiger partial charge in [-0.25, -0.2) is 14.6 Å². The Morgan fingerprint density at radius 3 is 2.37 bits per heavy atom. The maximum atomic E-state index is 15.0. The van der Waals surface area contributed by atoms with Crippen LogP contribution in [0.4, 0.5) is 18.9 Å². The lowest BCUT2D eigenvalue weighted by Gasteiger charge is -2.41. The molecular weight excluding hydrogens is 805 g/mol. The molecule has 2 saturated heterocycles. The number of allylic oxidation sites excluding steroid dienone is 2. The summed E-state index contributed by atoms with van der Waals surface area (Å²) in [4.78, 5) is 70.0. The number of alkyl halides is 3. The monoisotopic (exact) mass is 858 g/mol. The number of nitrogens with one attached hydrogen (secondary N) is 2. The molecule has 14 nitrogen and oxygen atoms in total. The third-order valence-corrected chi connectivity index (χ3v) is 11.6. The molecule has 1 aromatic heterocycles. The highest BCUT2D eigenvalue weighted by Gasteiger charge is 2.44. The molecule has 2 fully saturated rings. The lowest BCUT2D eigenvalue weighted by atomic mass is 9.74. The second-order valence-corrected chi connectivity index (χ2v) is 16.0. The molecule has 4 aliphatic heterocycles. The van der Waals surface area contributed by atoms with Gasteiger partial charge in [0.05, 0.1) is 40.6 Å². The van der Waals surface area contributed by atoms with Crippen molar-refractivity contribution in [1.82, 2.24) is 34.4 Å². The first-order chi connectivity index (χ1) is 28.4. The summed E-state index contributed by atoms with van der Waals surface area (Å²) >= 11 is 6.17. The summed E-state index contributed by atoms with van der Waals surface area (Å²) in [6, 6.07) is 1.68. The lowest BCUT2D eigenvalue weighted by Crippen LogP contribution is -2.53. The van der Waals surface area contributed by atoms with Gasteiger partial charge in [0.1, 0.15) is 24.5 Å². The van der Waals surface area contributed by atoms with Crippen LogP contribution in [0.1, 0.15) is 82.9 Å².